The molecule has 2 aliphatic rings. The van der Waals surface area contributed by atoms with Gasteiger partial charge in [0.15, 0.2) is 5.96 Å². The number of nitrogens with one attached hydrogen (secondary N) is 1. The van der Waals surface area contributed by atoms with E-state index < -0.39 is 0 Å². The molecule has 2 aliphatic heterocycles. The number of guanidine groups is 1. The molecule has 144 valence electrons. The largest absolute Gasteiger partial charge is 0.380 e. The number of benzene rings is 1. The first-order chi connectivity index (χ1) is 12.2. The van der Waals surface area contributed by atoms with Crippen molar-refractivity contribution in [2.24, 2.45) is 10.4 Å². The van der Waals surface area contributed by atoms with Crippen molar-refractivity contribution in [2.75, 3.05) is 59.5 Å². The fourth-order valence-corrected chi connectivity index (χ4v) is 3.22. The summed E-state index contributed by atoms with van der Waals surface area (Å²) >= 11 is 0. The molecule has 0 aliphatic carbocycles. The Morgan fingerprint density at radius 2 is 1.88 bits per heavy atom. The molecule has 1 aromatic carbocycles. The summed E-state index contributed by atoms with van der Waals surface area (Å²) < 4.78 is 5.33. The first-order valence-corrected chi connectivity index (χ1v) is 9.16. The van der Waals surface area contributed by atoms with E-state index in [1.807, 2.05) is 7.05 Å². The molecular weight excluding hydrogens is 439 g/mol. The van der Waals surface area contributed by atoms with Crippen LogP contribution in [0.1, 0.15) is 12.5 Å². The third-order valence-corrected chi connectivity index (χ3v) is 4.93. The minimum atomic E-state index is 0. The fraction of sp³-hybridized carbons (Fsp3) is 0.550. The zero-order valence-corrected chi connectivity index (χ0v) is 18.2. The van der Waals surface area contributed by atoms with E-state index in [2.05, 4.69) is 69.5 Å². The number of piperazine rings is 1. The van der Waals surface area contributed by atoms with Gasteiger partial charge >= 0.3 is 0 Å². The topological polar surface area (TPSA) is 40.1 Å². The molecule has 0 radical (unpaired) electrons. The molecule has 3 rings (SSSR count). The average Bonchev–Trinajstić information content (AvgIpc) is 2.63. The lowest BCUT2D eigenvalue weighted by Crippen LogP contribution is -2.55. The highest BCUT2D eigenvalue weighted by Gasteiger charge is 2.33. The molecular formula is C20H31IN4O. The van der Waals surface area contributed by atoms with Crippen LogP contribution in [0, 0.1) is 5.41 Å². The Morgan fingerprint density at radius 1 is 1.19 bits per heavy atom. The van der Waals surface area contributed by atoms with E-state index in [9.17, 15) is 0 Å². The Morgan fingerprint density at radius 3 is 2.46 bits per heavy atom. The Labute approximate surface area is 174 Å². The monoisotopic (exact) mass is 470 g/mol. The molecule has 2 heterocycles. The molecule has 0 atom stereocenters. The molecule has 26 heavy (non-hydrogen) atoms. The Kier molecular flexibility index (Phi) is 8.37. The molecule has 2 saturated heterocycles. The lowest BCUT2D eigenvalue weighted by Gasteiger charge is -2.40. The highest BCUT2D eigenvalue weighted by Crippen LogP contribution is 2.25. The molecule has 1 N–H and O–H groups in total. The number of halogens is 1. The first-order valence-electron chi connectivity index (χ1n) is 9.16. The van der Waals surface area contributed by atoms with Crippen molar-refractivity contribution < 1.29 is 4.74 Å². The van der Waals surface area contributed by atoms with Crippen LogP contribution in [0.3, 0.4) is 0 Å². The highest BCUT2D eigenvalue weighted by atomic mass is 127. The molecule has 0 spiro atoms. The summed E-state index contributed by atoms with van der Waals surface area (Å²) in [5.74, 6) is 1.02. The fourth-order valence-electron chi connectivity index (χ4n) is 3.22. The molecule has 0 saturated carbocycles. The number of hydrogen-bond acceptors (Lipinski definition) is 3. The molecule has 0 amide bonds. The summed E-state index contributed by atoms with van der Waals surface area (Å²) in [4.78, 5) is 9.31. The van der Waals surface area contributed by atoms with E-state index in [1.54, 1.807) is 0 Å². The minimum Gasteiger partial charge on any atom is -0.380 e. The van der Waals surface area contributed by atoms with Gasteiger partial charge in [0.1, 0.15) is 0 Å². The number of aliphatic imine (C=N–C) groups is 1. The van der Waals surface area contributed by atoms with Crippen LogP contribution < -0.4 is 5.32 Å². The minimum absolute atomic E-state index is 0. The van der Waals surface area contributed by atoms with E-state index in [0.29, 0.717) is 0 Å². The second-order valence-electron chi connectivity index (χ2n) is 7.30. The van der Waals surface area contributed by atoms with Gasteiger partial charge < -0.3 is 15.0 Å². The van der Waals surface area contributed by atoms with E-state index >= 15 is 0 Å². The van der Waals surface area contributed by atoms with Gasteiger partial charge in [0.05, 0.1) is 13.2 Å². The van der Waals surface area contributed by atoms with Crippen LogP contribution in [0.25, 0.3) is 6.08 Å². The van der Waals surface area contributed by atoms with Crippen LogP contribution in [0.4, 0.5) is 0 Å². The Bertz CT molecular complexity index is 593. The van der Waals surface area contributed by atoms with Gasteiger partial charge in [-0.1, -0.05) is 49.4 Å². The number of rotatable bonds is 5. The van der Waals surface area contributed by atoms with Crippen LogP contribution in [0.15, 0.2) is 41.4 Å². The second-order valence-corrected chi connectivity index (χ2v) is 7.30. The van der Waals surface area contributed by atoms with Gasteiger partial charge in [0.2, 0.25) is 0 Å². The second kappa shape index (κ2) is 10.3. The van der Waals surface area contributed by atoms with Crippen LogP contribution in [0.5, 0.6) is 0 Å². The third kappa shape index (κ3) is 5.96. The maximum absolute atomic E-state index is 5.33. The predicted molar refractivity (Wildman–Crippen MR) is 119 cm³/mol. The normalized spacial score (nSPS) is 20.5. The first kappa shape index (κ1) is 21.2. The maximum atomic E-state index is 5.33. The summed E-state index contributed by atoms with van der Waals surface area (Å²) in [7, 11) is 1.87. The van der Waals surface area contributed by atoms with Crippen molar-refractivity contribution in [1.29, 1.82) is 0 Å². The lowest BCUT2D eigenvalue weighted by molar-refractivity contribution is -0.0973. The summed E-state index contributed by atoms with van der Waals surface area (Å²) in [5.41, 5.74) is 1.53. The van der Waals surface area contributed by atoms with Crippen LogP contribution >= 0.6 is 24.0 Å². The van der Waals surface area contributed by atoms with Crippen molar-refractivity contribution in [2.45, 2.75) is 6.92 Å². The smallest absolute Gasteiger partial charge is 0.193 e. The number of nitrogens with zero attached hydrogens (tertiary/aromatic N) is 3. The Hall–Kier alpha value is -1.12. The SMILES string of the molecule is CN=C(NCC1(C)COC1)N1CCN(C/C=C/c2ccccc2)CC1.I. The maximum Gasteiger partial charge on any atom is 0.193 e. The van der Waals surface area contributed by atoms with Gasteiger partial charge in [0.25, 0.3) is 0 Å². The molecule has 0 aromatic heterocycles. The van der Waals surface area contributed by atoms with Crippen molar-refractivity contribution in [1.82, 2.24) is 15.1 Å². The van der Waals surface area contributed by atoms with E-state index in [4.69, 9.17) is 4.74 Å². The molecule has 2 fully saturated rings. The summed E-state index contributed by atoms with van der Waals surface area (Å²) in [6, 6.07) is 10.5. The molecule has 5 nitrogen and oxygen atoms in total. The molecule has 1 aromatic rings. The Balaban J connectivity index is 0.00000243. The van der Waals surface area contributed by atoms with Gasteiger partial charge in [-0.15, -0.1) is 24.0 Å². The quantitative estimate of drug-likeness (QED) is 0.408. The summed E-state index contributed by atoms with van der Waals surface area (Å²) in [6.45, 7) is 10.1. The van der Waals surface area contributed by atoms with E-state index in [-0.39, 0.29) is 29.4 Å². The predicted octanol–water partition coefficient (Wildman–Crippen LogP) is 2.55. The van der Waals surface area contributed by atoms with Gasteiger partial charge in [-0.25, -0.2) is 0 Å². The third-order valence-electron chi connectivity index (χ3n) is 4.93. The summed E-state index contributed by atoms with van der Waals surface area (Å²) in [6.07, 6.45) is 4.46. The zero-order valence-electron chi connectivity index (χ0n) is 15.9. The molecule has 0 unspecified atom stereocenters. The lowest BCUT2D eigenvalue weighted by atomic mass is 9.89. The standard InChI is InChI=1S/C20H30N4O.HI/c1-20(16-25-17-20)15-22-19(21-2)24-13-11-23(12-14-24)10-6-9-18-7-4-3-5-8-18;/h3-9H,10-17H2,1-2H3,(H,21,22);1H/b9-6+;. The van der Waals surface area contributed by atoms with Crippen LogP contribution in [-0.2, 0) is 4.74 Å². The van der Waals surface area contributed by atoms with Gasteiger partial charge in [-0.2, -0.15) is 0 Å². The zero-order chi connectivity index (χ0) is 17.5. The molecule has 6 heteroatoms. The van der Waals surface area contributed by atoms with Crippen LogP contribution in [0.2, 0.25) is 0 Å². The van der Waals surface area contributed by atoms with Crippen molar-refractivity contribution >= 4 is 36.0 Å². The average molecular weight is 470 g/mol. The number of hydrogen-bond donors (Lipinski definition) is 1. The highest BCUT2D eigenvalue weighted by molar-refractivity contribution is 14.0. The van der Waals surface area contributed by atoms with Crippen molar-refractivity contribution in [3.8, 4) is 0 Å². The molecule has 0 bridgehead atoms. The number of ether oxygens (including phenoxy) is 1. The van der Waals surface area contributed by atoms with Gasteiger partial charge in [0, 0.05) is 51.7 Å². The van der Waals surface area contributed by atoms with E-state index in [1.165, 1.54) is 5.56 Å². The van der Waals surface area contributed by atoms with Gasteiger partial charge in [-0.05, 0) is 5.56 Å². The summed E-state index contributed by atoms with van der Waals surface area (Å²) in [5, 5.41) is 3.52. The van der Waals surface area contributed by atoms with Gasteiger partial charge in [-0.3, -0.25) is 9.89 Å². The van der Waals surface area contributed by atoms with Crippen LogP contribution in [-0.4, -0.2) is 75.3 Å². The van der Waals surface area contributed by atoms with Crippen molar-refractivity contribution in [3.05, 3.63) is 42.0 Å². The van der Waals surface area contributed by atoms with Crippen molar-refractivity contribution in [3.63, 3.8) is 0 Å². The van der Waals surface area contributed by atoms with E-state index in [0.717, 1.165) is 58.4 Å².